The van der Waals surface area contributed by atoms with Crippen molar-refractivity contribution < 1.29 is 58.3 Å². The van der Waals surface area contributed by atoms with E-state index in [9.17, 15) is 39.8 Å². The van der Waals surface area contributed by atoms with Crippen molar-refractivity contribution in [2.45, 2.75) is 243 Å². The maximum Gasteiger partial charge on any atom is 0.472 e. The van der Waals surface area contributed by atoms with E-state index in [-0.39, 0.29) is 13.0 Å². The summed E-state index contributed by atoms with van der Waals surface area (Å²) in [6.07, 6.45) is 33.7. The number of unbranched alkanes of at least 4 members (excludes halogenated alkanes) is 23. The van der Waals surface area contributed by atoms with Gasteiger partial charge in [-0.25, -0.2) is 4.57 Å². The standard InChI is InChI=1S/C48H89O12P/c1-3-5-7-9-11-13-15-17-18-19-20-21-22-23-24-26-28-30-32-34-36-38-57-39-41(40-58-61(55,56)60-48-46(53)44(51)43(50)45(52)47(48)54)59-42(49)37-35-33-31-29-27-25-16-14-12-10-8-6-4-2/h6,8,12,14,25,27,41,43-48,50-54H,3-5,7,9-11,13,15-24,26,28-40H2,1-2H3,(H,55,56)/b8-6-,14-12-,27-25-. The molecule has 1 aliphatic rings. The fourth-order valence-corrected chi connectivity index (χ4v) is 8.40. The monoisotopic (exact) mass is 889 g/mol. The predicted octanol–water partition coefficient (Wildman–Crippen LogP) is 10.3. The van der Waals surface area contributed by atoms with Crippen molar-refractivity contribution in [1.82, 2.24) is 0 Å². The van der Waals surface area contributed by atoms with Gasteiger partial charge in [-0.3, -0.25) is 13.8 Å². The van der Waals surface area contributed by atoms with Gasteiger partial charge in [0.1, 0.15) is 42.7 Å². The molecule has 12 nitrogen and oxygen atoms in total. The van der Waals surface area contributed by atoms with Gasteiger partial charge in [-0.15, -0.1) is 0 Å². The van der Waals surface area contributed by atoms with Crippen LogP contribution in [-0.4, -0.2) is 98.9 Å². The molecule has 0 amide bonds. The molecule has 6 N–H and O–H groups in total. The summed E-state index contributed by atoms with van der Waals surface area (Å²) < 4.78 is 34.2. The summed E-state index contributed by atoms with van der Waals surface area (Å²) >= 11 is 0. The average molecular weight is 889 g/mol. The van der Waals surface area contributed by atoms with Crippen molar-refractivity contribution >= 4 is 13.8 Å². The van der Waals surface area contributed by atoms with Crippen LogP contribution in [0, 0.1) is 0 Å². The van der Waals surface area contributed by atoms with Crippen molar-refractivity contribution in [3.05, 3.63) is 36.5 Å². The minimum Gasteiger partial charge on any atom is -0.457 e. The Labute approximate surface area is 370 Å². The molecule has 0 aromatic rings. The normalized spacial score (nSPS) is 22.4. The molecule has 0 heterocycles. The predicted molar refractivity (Wildman–Crippen MR) is 244 cm³/mol. The molecule has 0 saturated heterocycles. The van der Waals surface area contributed by atoms with Gasteiger partial charge in [-0.05, 0) is 44.9 Å². The Balaban J connectivity index is 2.34. The molecule has 1 saturated carbocycles. The molecular weight excluding hydrogens is 799 g/mol. The largest absolute Gasteiger partial charge is 0.472 e. The van der Waals surface area contributed by atoms with E-state index in [1.807, 2.05) is 0 Å². The van der Waals surface area contributed by atoms with Crippen LogP contribution < -0.4 is 0 Å². The lowest BCUT2D eigenvalue weighted by molar-refractivity contribution is -0.220. The van der Waals surface area contributed by atoms with Crippen LogP contribution in [0.25, 0.3) is 0 Å². The Morgan fingerprint density at radius 3 is 1.46 bits per heavy atom. The smallest absolute Gasteiger partial charge is 0.457 e. The summed E-state index contributed by atoms with van der Waals surface area (Å²) in [6, 6.07) is 0. The fraction of sp³-hybridized carbons (Fsp3) is 0.854. The molecule has 0 bridgehead atoms. The number of allylic oxidation sites excluding steroid dienone is 6. The van der Waals surface area contributed by atoms with Gasteiger partial charge in [0, 0.05) is 13.0 Å². The molecule has 6 unspecified atom stereocenters. The Kier molecular flexibility index (Phi) is 36.8. The van der Waals surface area contributed by atoms with Crippen LogP contribution in [0.5, 0.6) is 0 Å². The molecule has 0 radical (unpaired) electrons. The van der Waals surface area contributed by atoms with Crippen LogP contribution in [0.15, 0.2) is 36.5 Å². The summed E-state index contributed by atoms with van der Waals surface area (Å²) in [5.41, 5.74) is 0. The Hall–Kier alpha value is -1.44. The van der Waals surface area contributed by atoms with Gasteiger partial charge < -0.3 is 39.9 Å². The lowest BCUT2D eigenvalue weighted by atomic mass is 9.85. The van der Waals surface area contributed by atoms with Crippen LogP contribution in [0.4, 0.5) is 0 Å². The average Bonchev–Trinajstić information content (AvgIpc) is 3.24. The SMILES string of the molecule is CC/C=C\C/C=C\C/C=C\CCCCCC(=O)OC(COCCCCCCCCCCCCCCCCCCCCCCC)COP(=O)(O)OC1C(O)C(O)C(O)C(O)C1O. The Bertz CT molecular complexity index is 1150. The lowest BCUT2D eigenvalue weighted by Gasteiger charge is -2.41. The number of carbonyl (C=O) groups excluding carboxylic acids is 1. The molecule has 6 atom stereocenters. The van der Waals surface area contributed by atoms with Crippen molar-refractivity contribution in [2.24, 2.45) is 0 Å². The third-order valence-corrected chi connectivity index (χ3v) is 12.3. The van der Waals surface area contributed by atoms with E-state index in [1.165, 1.54) is 116 Å². The number of phosphoric acid groups is 1. The Morgan fingerprint density at radius 1 is 0.541 bits per heavy atom. The third kappa shape index (κ3) is 31.1. The topological polar surface area (TPSA) is 192 Å². The summed E-state index contributed by atoms with van der Waals surface area (Å²) in [5, 5.41) is 50.2. The second-order valence-electron chi connectivity index (χ2n) is 16.9. The highest BCUT2D eigenvalue weighted by atomic mass is 31.2. The van der Waals surface area contributed by atoms with Crippen LogP contribution in [0.2, 0.25) is 0 Å². The molecule has 61 heavy (non-hydrogen) atoms. The van der Waals surface area contributed by atoms with Gasteiger partial charge >= 0.3 is 13.8 Å². The summed E-state index contributed by atoms with van der Waals surface area (Å²) in [5.74, 6) is -0.504. The quantitative estimate of drug-likeness (QED) is 0.0148. The molecule has 1 rings (SSSR count). The number of phosphoric ester groups is 1. The van der Waals surface area contributed by atoms with Crippen molar-refractivity contribution in [2.75, 3.05) is 19.8 Å². The van der Waals surface area contributed by atoms with Crippen LogP contribution in [-0.2, 0) is 27.9 Å². The second-order valence-corrected chi connectivity index (χ2v) is 18.3. The zero-order valence-electron chi connectivity index (χ0n) is 38.2. The fourth-order valence-electron chi connectivity index (χ4n) is 7.43. The van der Waals surface area contributed by atoms with Gasteiger partial charge in [0.2, 0.25) is 0 Å². The molecule has 13 heteroatoms. The lowest BCUT2D eigenvalue weighted by Crippen LogP contribution is -2.64. The second kappa shape index (κ2) is 39.0. The van der Waals surface area contributed by atoms with Crippen molar-refractivity contribution in [1.29, 1.82) is 0 Å². The minimum absolute atomic E-state index is 0.0859. The van der Waals surface area contributed by atoms with E-state index in [0.717, 1.165) is 57.8 Å². The number of ether oxygens (including phenoxy) is 2. The molecule has 1 fully saturated rings. The molecule has 1 aliphatic carbocycles. The van der Waals surface area contributed by atoms with Gasteiger partial charge in [-0.1, -0.05) is 185 Å². The molecule has 0 aromatic carbocycles. The summed E-state index contributed by atoms with van der Waals surface area (Å²) in [6.45, 7) is 4.13. The van der Waals surface area contributed by atoms with E-state index in [1.54, 1.807) is 0 Å². The molecule has 0 aromatic heterocycles. The van der Waals surface area contributed by atoms with Crippen LogP contribution in [0.3, 0.4) is 0 Å². The van der Waals surface area contributed by atoms with E-state index in [0.29, 0.717) is 13.0 Å². The highest BCUT2D eigenvalue weighted by Gasteiger charge is 2.51. The number of hydrogen-bond acceptors (Lipinski definition) is 11. The highest BCUT2D eigenvalue weighted by Crippen LogP contribution is 2.47. The van der Waals surface area contributed by atoms with Gasteiger partial charge in [0.05, 0.1) is 13.2 Å². The third-order valence-electron chi connectivity index (χ3n) is 11.3. The summed E-state index contributed by atoms with van der Waals surface area (Å²) in [7, 11) is -5.02. The number of carbonyl (C=O) groups is 1. The van der Waals surface area contributed by atoms with Crippen LogP contribution in [0.1, 0.15) is 200 Å². The number of aliphatic hydroxyl groups is 5. The summed E-state index contributed by atoms with van der Waals surface area (Å²) in [4.78, 5) is 23.1. The highest BCUT2D eigenvalue weighted by molar-refractivity contribution is 7.47. The zero-order chi connectivity index (χ0) is 44.8. The van der Waals surface area contributed by atoms with E-state index >= 15 is 0 Å². The maximum atomic E-state index is 12.8. The van der Waals surface area contributed by atoms with Crippen molar-refractivity contribution in [3.63, 3.8) is 0 Å². The maximum absolute atomic E-state index is 12.8. The zero-order valence-corrected chi connectivity index (χ0v) is 39.1. The van der Waals surface area contributed by atoms with Crippen LogP contribution >= 0.6 is 7.82 Å². The molecule has 0 spiro atoms. The number of aliphatic hydroxyl groups excluding tert-OH is 5. The first-order valence-corrected chi connectivity index (χ1v) is 25.8. The molecule has 358 valence electrons. The first-order chi connectivity index (χ1) is 29.5. The van der Waals surface area contributed by atoms with E-state index in [4.69, 9.17) is 18.5 Å². The van der Waals surface area contributed by atoms with Gasteiger partial charge in [0.15, 0.2) is 0 Å². The van der Waals surface area contributed by atoms with E-state index < -0.39 is 63.1 Å². The molecular formula is C48H89O12P. The molecule has 0 aliphatic heterocycles. The first-order valence-electron chi connectivity index (χ1n) is 24.3. The first kappa shape index (κ1) is 57.6. The van der Waals surface area contributed by atoms with E-state index in [2.05, 4.69) is 50.3 Å². The van der Waals surface area contributed by atoms with Crippen molar-refractivity contribution in [3.8, 4) is 0 Å². The Morgan fingerprint density at radius 2 is 0.967 bits per heavy atom. The number of esters is 1. The van der Waals surface area contributed by atoms with Gasteiger partial charge in [-0.2, -0.15) is 0 Å². The number of hydrogen-bond donors (Lipinski definition) is 6. The number of rotatable bonds is 41. The minimum atomic E-state index is -5.02. The van der Waals surface area contributed by atoms with Gasteiger partial charge in [0.25, 0.3) is 0 Å².